The van der Waals surface area contributed by atoms with Gasteiger partial charge in [0, 0.05) is 14.5 Å². The molecular weight excluding hydrogens is 116 g/mol. The van der Waals surface area contributed by atoms with Crippen molar-refractivity contribution in [3.8, 4) is 0 Å². The lowest BCUT2D eigenvalue weighted by atomic mass is 10.4. The van der Waals surface area contributed by atoms with Crippen LogP contribution in [0.3, 0.4) is 0 Å². The first kappa shape index (κ1) is 8.27. The highest BCUT2D eigenvalue weighted by atomic mass is 16.2. The Balaban J connectivity index is 0. The second-order valence-corrected chi connectivity index (χ2v) is 1.54. The Morgan fingerprint density at radius 1 is 1.33 bits per heavy atom. The Kier molecular flexibility index (Phi) is 4.97. The highest BCUT2D eigenvalue weighted by molar-refractivity contribution is 5.74. The van der Waals surface area contributed by atoms with E-state index in [2.05, 4.69) is 10.6 Å². The molecule has 9 heavy (non-hydrogen) atoms. The van der Waals surface area contributed by atoms with Crippen LogP contribution in [-0.4, -0.2) is 19.1 Å². The van der Waals surface area contributed by atoms with E-state index >= 15 is 0 Å². The molecule has 2 amide bonds. The van der Waals surface area contributed by atoms with Crippen LogP contribution in [0.5, 0.6) is 0 Å². The fourth-order valence-corrected chi connectivity index (χ4v) is 0.555. The van der Waals surface area contributed by atoms with Crippen molar-refractivity contribution < 1.29 is 6.22 Å². The van der Waals surface area contributed by atoms with Gasteiger partial charge < -0.3 is 10.6 Å². The molecule has 0 spiro atoms. The van der Waals surface area contributed by atoms with Crippen LogP contribution in [0.4, 0.5) is 4.79 Å². The van der Waals surface area contributed by atoms with E-state index in [1.165, 1.54) is 0 Å². The largest absolute Gasteiger partial charge is 0.338 e. The van der Waals surface area contributed by atoms with E-state index in [1.54, 1.807) is 0 Å². The maximum absolute atomic E-state index is 10.2. The first-order valence-electron chi connectivity index (χ1n) is 3.41. The minimum atomic E-state index is -0.0359. The summed E-state index contributed by atoms with van der Waals surface area (Å²) in [6.07, 6.45) is 1.05. The molecule has 0 aliphatic carbocycles. The lowest BCUT2D eigenvalue weighted by molar-refractivity contribution is 0.236. The minimum Gasteiger partial charge on any atom is -0.338 e. The number of hydrogen-bond acceptors (Lipinski definition) is 1. The van der Waals surface area contributed by atoms with Gasteiger partial charge in [-0.1, -0.05) is 13.8 Å². The van der Waals surface area contributed by atoms with Gasteiger partial charge in [0.15, 0.2) is 0 Å². The van der Waals surface area contributed by atoms with Gasteiger partial charge in [-0.05, 0) is 6.42 Å². The average molecular weight is 132 g/mol. The number of rotatable bonds is 0. The molecule has 0 aromatic heterocycles. The molecule has 0 aromatic carbocycles. The normalized spacial score (nSPS) is 16.4. The molecule has 1 fully saturated rings. The third-order valence-corrected chi connectivity index (χ3v) is 0.925. The van der Waals surface area contributed by atoms with Gasteiger partial charge >= 0.3 is 6.03 Å². The number of carbonyl (C=O) groups is 1. The van der Waals surface area contributed by atoms with E-state index in [0.717, 1.165) is 19.5 Å². The van der Waals surface area contributed by atoms with Crippen molar-refractivity contribution in [1.82, 2.24) is 10.6 Å². The van der Waals surface area contributed by atoms with Crippen molar-refractivity contribution >= 4 is 6.03 Å². The summed E-state index contributed by atoms with van der Waals surface area (Å²) in [7, 11) is 0. The maximum atomic E-state index is 10.2. The SMILES string of the molecule is CC.O=C1NCCCN1.[HH]. The summed E-state index contributed by atoms with van der Waals surface area (Å²) in [6, 6.07) is -0.0359. The second kappa shape index (κ2) is 5.41. The second-order valence-electron chi connectivity index (χ2n) is 1.54. The van der Waals surface area contributed by atoms with E-state index < -0.39 is 0 Å². The molecule has 0 unspecified atom stereocenters. The van der Waals surface area contributed by atoms with Crippen LogP contribution in [0.2, 0.25) is 0 Å². The third-order valence-electron chi connectivity index (χ3n) is 0.925. The standard InChI is InChI=1S/C4H8N2O.C2H6.H2/c7-4-5-2-1-3-6-4;1-2;/h1-3H2,(H2,5,6,7);1-2H3;1H. The van der Waals surface area contributed by atoms with Crippen LogP contribution < -0.4 is 10.6 Å². The Bertz CT molecular complexity index is 79.8. The molecule has 3 nitrogen and oxygen atoms in total. The highest BCUT2D eigenvalue weighted by Gasteiger charge is 2.02. The first-order valence-corrected chi connectivity index (χ1v) is 3.41. The lowest BCUT2D eigenvalue weighted by Gasteiger charge is -2.11. The Morgan fingerprint density at radius 3 is 2.00 bits per heavy atom. The van der Waals surface area contributed by atoms with E-state index in [0.29, 0.717) is 0 Å². The van der Waals surface area contributed by atoms with Crippen LogP contribution >= 0.6 is 0 Å². The number of amides is 2. The summed E-state index contributed by atoms with van der Waals surface area (Å²) in [6.45, 7) is 5.65. The third kappa shape index (κ3) is 3.82. The fourth-order valence-electron chi connectivity index (χ4n) is 0.555. The quantitative estimate of drug-likeness (QED) is 0.506. The Morgan fingerprint density at radius 2 is 1.78 bits per heavy atom. The average Bonchev–Trinajstić information content (AvgIpc) is 1.94. The van der Waals surface area contributed by atoms with Crippen molar-refractivity contribution in [2.24, 2.45) is 0 Å². The van der Waals surface area contributed by atoms with Gasteiger partial charge in [0.25, 0.3) is 0 Å². The van der Waals surface area contributed by atoms with Gasteiger partial charge in [-0.2, -0.15) is 0 Å². The molecule has 0 saturated carbocycles. The minimum absolute atomic E-state index is 0. The molecular formula is C6H16N2O. The molecule has 0 radical (unpaired) electrons. The topological polar surface area (TPSA) is 41.1 Å². The van der Waals surface area contributed by atoms with Crippen LogP contribution in [0, 0.1) is 0 Å². The Hall–Kier alpha value is -0.730. The van der Waals surface area contributed by atoms with E-state index in [9.17, 15) is 4.79 Å². The monoisotopic (exact) mass is 132 g/mol. The van der Waals surface area contributed by atoms with Crippen molar-refractivity contribution in [3.63, 3.8) is 0 Å². The van der Waals surface area contributed by atoms with Crippen molar-refractivity contribution in [1.29, 1.82) is 0 Å². The van der Waals surface area contributed by atoms with Crippen LogP contribution in [-0.2, 0) is 0 Å². The molecule has 1 rings (SSSR count). The van der Waals surface area contributed by atoms with Gasteiger partial charge in [0.05, 0.1) is 0 Å². The van der Waals surface area contributed by atoms with Gasteiger partial charge in [0.2, 0.25) is 0 Å². The molecule has 2 N–H and O–H groups in total. The molecule has 1 aliphatic heterocycles. The van der Waals surface area contributed by atoms with E-state index in [4.69, 9.17) is 0 Å². The smallest absolute Gasteiger partial charge is 0.314 e. The lowest BCUT2D eigenvalue weighted by Crippen LogP contribution is -2.42. The van der Waals surface area contributed by atoms with Gasteiger partial charge in [-0.15, -0.1) is 0 Å². The summed E-state index contributed by atoms with van der Waals surface area (Å²) in [5, 5.41) is 5.26. The fraction of sp³-hybridized carbons (Fsp3) is 0.833. The maximum Gasteiger partial charge on any atom is 0.314 e. The number of hydrogen-bond donors (Lipinski definition) is 2. The zero-order chi connectivity index (χ0) is 7.11. The van der Waals surface area contributed by atoms with E-state index in [1.807, 2.05) is 13.8 Å². The van der Waals surface area contributed by atoms with Crippen LogP contribution in [0.1, 0.15) is 21.7 Å². The van der Waals surface area contributed by atoms with Gasteiger partial charge in [0.1, 0.15) is 0 Å². The molecule has 0 aromatic rings. The molecule has 1 aliphatic rings. The molecule has 1 saturated heterocycles. The van der Waals surface area contributed by atoms with Gasteiger partial charge in [-0.25, -0.2) is 4.79 Å². The zero-order valence-electron chi connectivity index (χ0n) is 6.03. The highest BCUT2D eigenvalue weighted by Crippen LogP contribution is 1.79. The molecule has 0 bridgehead atoms. The molecule has 56 valence electrons. The summed E-state index contributed by atoms with van der Waals surface area (Å²) < 4.78 is 0. The predicted molar refractivity (Wildman–Crippen MR) is 39.5 cm³/mol. The number of urea groups is 1. The number of nitrogens with one attached hydrogen (secondary N) is 2. The predicted octanol–water partition coefficient (Wildman–Crippen LogP) is 0.962. The van der Waals surface area contributed by atoms with E-state index in [-0.39, 0.29) is 7.46 Å². The van der Waals surface area contributed by atoms with Crippen molar-refractivity contribution in [3.05, 3.63) is 0 Å². The zero-order valence-corrected chi connectivity index (χ0v) is 6.03. The van der Waals surface area contributed by atoms with Crippen molar-refractivity contribution in [2.45, 2.75) is 20.3 Å². The summed E-state index contributed by atoms with van der Waals surface area (Å²) in [4.78, 5) is 10.2. The summed E-state index contributed by atoms with van der Waals surface area (Å²) in [5.41, 5.74) is 0. The molecule has 1 heterocycles. The van der Waals surface area contributed by atoms with Gasteiger partial charge in [-0.3, -0.25) is 0 Å². The first-order chi connectivity index (χ1) is 4.39. The van der Waals surface area contributed by atoms with Crippen LogP contribution in [0.25, 0.3) is 0 Å². The summed E-state index contributed by atoms with van der Waals surface area (Å²) >= 11 is 0. The molecule has 3 heteroatoms. The Labute approximate surface area is 57.3 Å². The van der Waals surface area contributed by atoms with Crippen LogP contribution in [0.15, 0.2) is 0 Å². The summed E-state index contributed by atoms with van der Waals surface area (Å²) in [5.74, 6) is 0. The molecule has 0 atom stereocenters. The van der Waals surface area contributed by atoms with Crippen molar-refractivity contribution in [2.75, 3.05) is 13.1 Å². The number of carbonyl (C=O) groups excluding carboxylic acids is 1.